The minimum Gasteiger partial charge on any atom is -0.465 e. The lowest BCUT2D eigenvalue weighted by atomic mass is 9.85. The lowest BCUT2D eigenvalue weighted by Crippen LogP contribution is -2.32. The van der Waals surface area contributed by atoms with Crippen molar-refractivity contribution in [1.29, 1.82) is 0 Å². The van der Waals surface area contributed by atoms with Crippen LogP contribution in [0.3, 0.4) is 0 Å². The monoisotopic (exact) mass is 1010 g/mol. The number of nitrogens with zero attached hydrogens (tertiary/aromatic N) is 1. The van der Waals surface area contributed by atoms with Crippen molar-refractivity contribution in [3.05, 3.63) is 215 Å². The van der Waals surface area contributed by atoms with Crippen LogP contribution in [0.1, 0.15) is 101 Å². The molecule has 2 N–H and O–H groups in total. The van der Waals surface area contributed by atoms with Gasteiger partial charge in [0.25, 0.3) is 0 Å². The Hall–Kier alpha value is -7.10. The minimum absolute atomic E-state index is 0.0602. The maximum absolute atomic E-state index is 13.3. The van der Waals surface area contributed by atoms with Crippen LogP contribution in [0, 0.1) is 23.7 Å². The number of aliphatic imine (C=N–C) groups is 1. The quantitative estimate of drug-likeness (QED) is 0.0397. The van der Waals surface area contributed by atoms with Crippen LogP contribution < -0.4 is 5.73 Å². The molecule has 0 bridgehead atoms. The Balaban J connectivity index is 0.000000271. The summed E-state index contributed by atoms with van der Waals surface area (Å²) >= 11 is 0. The molecular weight excluding hydrogens is 933 g/mol. The van der Waals surface area contributed by atoms with Crippen LogP contribution in [-0.4, -0.2) is 60.3 Å². The Kier molecular flexibility index (Phi) is 27.7. The molecule has 9 nitrogen and oxygen atoms in total. The Morgan fingerprint density at radius 3 is 1.13 bits per heavy atom. The number of hydrogen-bond donors (Lipinski definition) is 1. The number of esters is 2. The van der Waals surface area contributed by atoms with Gasteiger partial charge in [0.05, 0.1) is 13.2 Å². The van der Waals surface area contributed by atoms with Crippen molar-refractivity contribution >= 4 is 35.0 Å². The van der Waals surface area contributed by atoms with E-state index in [0.717, 1.165) is 59.2 Å². The first-order valence-electron chi connectivity index (χ1n) is 26.7. The number of rotatable bonds is 27. The molecule has 2 unspecified atom stereocenters. The summed E-state index contributed by atoms with van der Waals surface area (Å²) in [4.78, 5) is 66.7. The first-order chi connectivity index (χ1) is 36.3. The summed E-state index contributed by atoms with van der Waals surface area (Å²) in [6, 6.07) is 59.2. The van der Waals surface area contributed by atoms with E-state index in [2.05, 4.69) is 36.4 Å². The Morgan fingerprint density at radius 2 is 0.760 bits per heavy atom. The third kappa shape index (κ3) is 23.8. The molecule has 0 saturated heterocycles. The van der Waals surface area contributed by atoms with Crippen LogP contribution in [0.25, 0.3) is 0 Å². The summed E-state index contributed by atoms with van der Waals surface area (Å²) in [5.41, 5.74) is 13.4. The fourth-order valence-electron chi connectivity index (χ4n) is 8.68. The number of nitrogens with two attached hydrogens (primary N) is 1. The number of carbonyl (C=O) groups is 5. The van der Waals surface area contributed by atoms with Gasteiger partial charge in [0.1, 0.15) is 29.4 Å². The summed E-state index contributed by atoms with van der Waals surface area (Å²) in [5.74, 6) is -0.587. The van der Waals surface area contributed by atoms with Crippen molar-refractivity contribution < 1.29 is 33.4 Å². The molecule has 396 valence electrons. The van der Waals surface area contributed by atoms with Crippen molar-refractivity contribution in [1.82, 2.24) is 0 Å². The summed E-state index contributed by atoms with van der Waals surface area (Å²) in [7, 11) is 0. The Labute approximate surface area is 447 Å². The molecule has 0 aliphatic rings. The van der Waals surface area contributed by atoms with E-state index in [1.54, 1.807) is 13.8 Å². The van der Waals surface area contributed by atoms with Crippen molar-refractivity contribution in [3.63, 3.8) is 0 Å². The fraction of sp³-hybridized carbons (Fsp3) is 0.364. The Morgan fingerprint density at radius 1 is 0.440 bits per heavy atom. The highest BCUT2D eigenvalue weighted by molar-refractivity contribution is 5.92. The standard InChI is InChI=1S/C33H39NO3.C21H24O2.C12H17NO2/c1-4-37-33(36)31(21-20-27-14-8-5-9-15-27)34-26(3)30(23-29-18-12-7-13-19-29)24-32(35)25(2)22-28-16-10-6-11-17-28;1-16(13-18-9-5-3-6-10-18)21(23)15-20(17(2)22)14-19-11-7-4-8-12-19;1-2-15-12(14)11(13)9-8-10-6-4-3-5-7-10/h5-19,25,30-31H,4,20-24H2,1-3H3;3-12,16,20H,13-15H2,1-2H3;3-7,11H,2,8-9,13H2,1H3/t25-,30?,31-;16-,20?;11-/m111/s1. The zero-order valence-electron chi connectivity index (χ0n) is 45.2. The van der Waals surface area contributed by atoms with Crippen LogP contribution in [0.5, 0.6) is 0 Å². The fourth-order valence-corrected chi connectivity index (χ4v) is 8.68. The number of aryl methyl sites for hydroxylation is 2. The smallest absolute Gasteiger partial charge is 0.330 e. The van der Waals surface area contributed by atoms with Crippen molar-refractivity contribution in [2.24, 2.45) is 34.4 Å². The van der Waals surface area contributed by atoms with Gasteiger partial charge in [-0.15, -0.1) is 0 Å². The van der Waals surface area contributed by atoms with Crippen LogP contribution in [0.2, 0.25) is 0 Å². The summed E-state index contributed by atoms with van der Waals surface area (Å²) in [6.07, 6.45) is 6.25. The summed E-state index contributed by atoms with van der Waals surface area (Å²) in [5, 5.41) is 0. The van der Waals surface area contributed by atoms with E-state index >= 15 is 0 Å². The van der Waals surface area contributed by atoms with Crippen molar-refractivity contribution in [3.8, 4) is 0 Å². The average Bonchev–Trinajstić information content (AvgIpc) is 3.43. The summed E-state index contributed by atoms with van der Waals surface area (Å²) < 4.78 is 10.2. The van der Waals surface area contributed by atoms with E-state index in [0.29, 0.717) is 51.7 Å². The van der Waals surface area contributed by atoms with E-state index in [1.807, 2.05) is 173 Å². The van der Waals surface area contributed by atoms with E-state index in [-0.39, 0.29) is 53.0 Å². The molecule has 0 radical (unpaired) electrons. The zero-order chi connectivity index (χ0) is 54.2. The number of ketones is 3. The second-order valence-corrected chi connectivity index (χ2v) is 19.4. The third-order valence-corrected chi connectivity index (χ3v) is 13.2. The molecule has 0 aliphatic heterocycles. The number of carbonyl (C=O) groups excluding carboxylic acids is 5. The van der Waals surface area contributed by atoms with Crippen LogP contribution in [0.4, 0.5) is 0 Å². The highest BCUT2D eigenvalue weighted by Gasteiger charge is 2.26. The topological polar surface area (TPSA) is 142 Å². The Bertz CT molecular complexity index is 2590. The van der Waals surface area contributed by atoms with Crippen LogP contribution in [-0.2, 0) is 72.0 Å². The van der Waals surface area contributed by atoms with Gasteiger partial charge in [-0.1, -0.05) is 196 Å². The maximum Gasteiger partial charge on any atom is 0.330 e. The predicted molar refractivity (Wildman–Crippen MR) is 303 cm³/mol. The lowest BCUT2D eigenvalue weighted by Gasteiger charge is -2.21. The molecule has 0 aliphatic carbocycles. The maximum atomic E-state index is 13.3. The van der Waals surface area contributed by atoms with Gasteiger partial charge in [0.2, 0.25) is 0 Å². The largest absolute Gasteiger partial charge is 0.465 e. The zero-order valence-corrected chi connectivity index (χ0v) is 45.2. The first-order valence-corrected chi connectivity index (χ1v) is 26.7. The molecule has 6 atom stereocenters. The van der Waals surface area contributed by atoms with Crippen LogP contribution >= 0.6 is 0 Å². The molecule has 6 aromatic carbocycles. The van der Waals surface area contributed by atoms with Crippen molar-refractivity contribution in [2.75, 3.05) is 13.2 Å². The lowest BCUT2D eigenvalue weighted by molar-refractivity contribution is -0.145. The van der Waals surface area contributed by atoms with Gasteiger partial charge in [0, 0.05) is 42.2 Å². The molecule has 6 aromatic rings. The molecule has 6 rings (SSSR count). The number of ether oxygens (including phenoxy) is 2. The summed E-state index contributed by atoms with van der Waals surface area (Å²) in [6.45, 7) is 11.8. The second kappa shape index (κ2) is 34.4. The molecule has 0 aromatic heterocycles. The molecule has 9 heteroatoms. The molecule has 0 heterocycles. The van der Waals surface area contributed by atoms with E-state index in [4.69, 9.17) is 20.2 Å². The third-order valence-electron chi connectivity index (χ3n) is 13.2. The van der Waals surface area contributed by atoms with Gasteiger partial charge in [-0.2, -0.15) is 0 Å². The van der Waals surface area contributed by atoms with Gasteiger partial charge in [-0.05, 0) is 112 Å². The van der Waals surface area contributed by atoms with Gasteiger partial charge >= 0.3 is 11.9 Å². The SMILES string of the molecule is CC(=O)C(CC(=O)[C@H](C)Cc1ccccc1)Cc1ccccc1.CCOC(=O)[C@@H](CCc1ccccc1)N=C(C)C(CC(=O)[C@H](C)Cc1ccccc1)Cc1ccccc1.CCOC(=O)[C@H](N)CCc1ccccc1. The molecule has 0 fully saturated rings. The van der Waals surface area contributed by atoms with E-state index in [9.17, 15) is 24.0 Å². The minimum atomic E-state index is -0.588. The highest BCUT2D eigenvalue weighted by atomic mass is 16.5. The second-order valence-electron chi connectivity index (χ2n) is 19.4. The van der Waals surface area contributed by atoms with E-state index in [1.165, 1.54) is 5.56 Å². The number of hydrogen-bond acceptors (Lipinski definition) is 9. The molecular formula is C66H80N2O7. The average molecular weight is 1010 g/mol. The van der Waals surface area contributed by atoms with Gasteiger partial charge in [-0.25, -0.2) is 4.79 Å². The van der Waals surface area contributed by atoms with Crippen molar-refractivity contribution in [2.45, 2.75) is 118 Å². The van der Waals surface area contributed by atoms with Gasteiger partial charge in [-0.3, -0.25) is 24.2 Å². The van der Waals surface area contributed by atoms with Crippen LogP contribution in [0.15, 0.2) is 187 Å². The first kappa shape index (κ1) is 60.5. The molecule has 0 amide bonds. The number of Topliss-reactive ketones (excluding diaryl/α,β-unsaturated/α-hetero) is 3. The normalized spacial score (nSPS) is 13.4. The van der Waals surface area contributed by atoms with Gasteiger partial charge < -0.3 is 15.2 Å². The molecule has 0 spiro atoms. The molecule has 75 heavy (non-hydrogen) atoms. The number of benzene rings is 6. The highest BCUT2D eigenvalue weighted by Crippen LogP contribution is 2.22. The predicted octanol–water partition coefficient (Wildman–Crippen LogP) is 12.5. The van der Waals surface area contributed by atoms with E-state index < -0.39 is 12.1 Å². The molecule has 0 saturated carbocycles. The van der Waals surface area contributed by atoms with Gasteiger partial charge in [0.15, 0.2) is 0 Å².